The van der Waals surface area contributed by atoms with Crippen LogP contribution < -0.4 is 9.62 Å². The molecule has 0 bridgehead atoms. The number of rotatable bonds is 10. The van der Waals surface area contributed by atoms with Gasteiger partial charge in [0, 0.05) is 13.2 Å². The summed E-state index contributed by atoms with van der Waals surface area (Å²) in [6.45, 7) is 8.32. The fourth-order valence-corrected chi connectivity index (χ4v) is 4.31. The van der Waals surface area contributed by atoms with E-state index in [1.165, 1.54) is 16.4 Å². The third-order valence-electron chi connectivity index (χ3n) is 4.35. The van der Waals surface area contributed by atoms with Crippen molar-refractivity contribution in [1.82, 2.24) is 5.32 Å². The minimum Gasteiger partial charge on any atom is -0.379 e. The summed E-state index contributed by atoms with van der Waals surface area (Å²) in [6.07, 6.45) is 0.806. The van der Waals surface area contributed by atoms with Crippen molar-refractivity contribution in [3.8, 4) is 0 Å². The third kappa shape index (κ3) is 6.58. The van der Waals surface area contributed by atoms with E-state index in [1.54, 1.807) is 24.3 Å². The average Bonchev–Trinajstić information content (AvgIpc) is 2.68. The quantitative estimate of drug-likeness (QED) is 0.600. The standard InChI is InChI=1S/C22H30N2O4S/c1-17(2)28-14-8-13-23-22(25)16-24(21-15-18(3)11-12-19(21)4)29(26,27)20-9-6-5-7-10-20/h5-7,9-12,15,17H,8,13-14,16H2,1-4H3,(H,23,25). The fraction of sp³-hybridized carbons (Fsp3) is 0.409. The van der Waals surface area contributed by atoms with Crippen LogP contribution in [0.2, 0.25) is 0 Å². The number of carbonyl (C=O) groups excluding carboxylic acids is 1. The van der Waals surface area contributed by atoms with E-state index in [-0.39, 0.29) is 23.5 Å². The van der Waals surface area contributed by atoms with Gasteiger partial charge in [0.2, 0.25) is 5.91 Å². The minimum absolute atomic E-state index is 0.140. The Morgan fingerprint density at radius 3 is 2.45 bits per heavy atom. The highest BCUT2D eigenvalue weighted by atomic mass is 32.2. The SMILES string of the molecule is Cc1ccc(C)c(N(CC(=O)NCCCOC(C)C)S(=O)(=O)c2ccccc2)c1. The number of hydrogen-bond donors (Lipinski definition) is 1. The first-order valence-electron chi connectivity index (χ1n) is 9.75. The zero-order valence-electron chi connectivity index (χ0n) is 17.5. The monoisotopic (exact) mass is 418 g/mol. The minimum atomic E-state index is -3.89. The molecule has 0 saturated carbocycles. The van der Waals surface area contributed by atoms with E-state index < -0.39 is 10.0 Å². The first-order valence-corrected chi connectivity index (χ1v) is 11.2. The summed E-state index contributed by atoms with van der Waals surface area (Å²) in [7, 11) is -3.89. The molecule has 0 saturated heterocycles. The number of nitrogens with one attached hydrogen (secondary N) is 1. The maximum Gasteiger partial charge on any atom is 0.264 e. The molecule has 1 amide bonds. The second-order valence-electron chi connectivity index (χ2n) is 7.24. The Balaban J connectivity index is 2.22. The average molecular weight is 419 g/mol. The van der Waals surface area contributed by atoms with Gasteiger partial charge in [-0.15, -0.1) is 0 Å². The Labute approximate surface area is 173 Å². The van der Waals surface area contributed by atoms with Crippen LogP contribution in [0.5, 0.6) is 0 Å². The number of nitrogens with zero attached hydrogens (tertiary/aromatic N) is 1. The summed E-state index contributed by atoms with van der Waals surface area (Å²) in [5.74, 6) is -0.352. The Morgan fingerprint density at radius 1 is 1.10 bits per heavy atom. The Hall–Kier alpha value is -2.38. The predicted octanol–water partition coefficient (Wildman–Crippen LogP) is 3.43. The number of hydrogen-bond acceptors (Lipinski definition) is 4. The first-order chi connectivity index (χ1) is 13.7. The fourth-order valence-electron chi connectivity index (χ4n) is 2.81. The van der Waals surface area contributed by atoms with Crippen LogP contribution in [0.1, 0.15) is 31.4 Å². The van der Waals surface area contributed by atoms with Gasteiger partial charge in [0.15, 0.2) is 0 Å². The molecule has 0 aliphatic heterocycles. The Morgan fingerprint density at radius 2 is 1.79 bits per heavy atom. The van der Waals surface area contributed by atoms with Crippen LogP contribution in [0.25, 0.3) is 0 Å². The lowest BCUT2D eigenvalue weighted by atomic mass is 10.1. The zero-order valence-corrected chi connectivity index (χ0v) is 18.3. The molecule has 29 heavy (non-hydrogen) atoms. The molecule has 0 radical (unpaired) electrons. The Bertz CT molecular complexity index is 912. The highest BCUT2D eigenvalue weighted by Crippen LogP contribution is 2.27. The summed E-state index contributed by atoms with van der Waals surface area (Å²) in [5.41, 5.74) is 2.21. The molecular formula is C22H30N2O4S. The molecule has 2 aromatic carbocycles. The molecule has 1 N–H and O–H groups in total. The second-order valence-corrected chi connectivity index (χ2v) is 9.10. The number of aryl methyl sites for hydroxylation is 2. The number of carbonyl (C=O) groups is 1. The summed E-state index contributed by atoms with van der Waals surface area (Å²) >= 11 is 0. The Kier molecular flexibility index (Phi) is 8.22. The summed E-state index contributed by atoms with van der Waals surface area (Å²) in [6, 6.07) is 13.7. The van der Waals surface area contributed by atoms with Gasteiger partial charge in [-0.05, 0) is 63.4 Å². The topological polar surface area (TPSA) is 75.7 Å². The molecule has 2 aromatic rings. The maximum atomic E-state index is 13.3. The second kappa shape index (κ2) is 10.4. The summed E-state index contributed by atoms with van der Waals surface area (Å²) in [5, 5.41) is 2.79. The van der Waals surface area contributed by atoms with Gasteiger partial charge in [-0.25, -0.2) is 8.42 Å². The number of amides is 1. The van der Waals surface area contributed by atoms with Gasteiger partial charge in [0.1, 0.15) is 6.54 Å². The molecule has 2 rings (SSSR count). The van der Waals surface area contributed by atoms with Crippen molar-refractivity contribution in [2.45, 2.75) is 45.1 Å². The van der Waals surface area contributed by atoms with Crippen LogP contribution in [-0.4, -0.2) is 40.1 Å². The number of sulfonamides is 1. The third-order valence-corrected chi connectivity index (χ3v) is 6.12. The molecule has 0 spiro atoms. The summed E-state index contributed by atoms with van der Waals surface area (Å²) < 4.78 is 33.3. The van der Waals surface area contributed by atoms with Crippen molar-refractivity contribution in [2.75, 3.05) is 24.0 Å². The smallest absolute Gasteiger partial charge is 0.264 e. The van der Waals surface area contributed by atoms with Crippen LogP contribution in [0.15, 0.2) is 53.4 Å². The molecule has 0 aliphatic rings. The summed E-state index contributed by atoms with van der Waals surface area (Å²) in [4.78, 5) is 12.7. The van der Waals surface area contributed by atoms with Crippen molar-refractivity contribution in [1.29, 1.82) is 0 Å². The van der Waals surface area contributed by atoms with E-state index in [9.17, 15) is 13.2 Å². The van der Waals surface area contributed by atoms with E-state index >= 15 is 0 Å². The van der Waals surface area contributed by atoms with Crippen molar-refractivity contribution in [3.05, 3.63) is 59.7 Å². The predicted molar refractivity (Wildman–Crippen MR) is 116 cm³/mol. The van der Waals surface area contributed by atoms with Gasteiger partial charge in [0.25, 0.3) is 10.0 Å². The van der Waals surface area contributed by atoms with Gasteiger partial charge in [0.05, 0.1) is 16.7 Å². The zero-order chi connectivity index (χ0) is 21.4. The lowest BCUT2D eigenvalue weighted by Crippen LogP contribution is -2.41. The van der Waals surface area contributed by atoms with Gasteiger partial charge < -0.3 is 10.1 Å². The van der Waals surface area contributed by atoms with Crippen LogP contribution in [0.3, 0.4) is 0 Å². The van der Waals surface area contributed by atoms with Crippen LogP contribution in [-0.2, 0) is 19.6 Å². The molecule has 0 atom stereocenters. The van der Waals surface area contributed by atoms with Crippen molar-refractivity contribution < 1.29 is 17.9 Å². The molecule has 0 fully saturated rings. The van der Waals surface area contributed by atoms with Crippen LogP contribution in [0, 0.1) is 13.8 Å². The van der Waals surface area contributed by atoms with Crippen molar-refractivity contribution in [2.24, 2.45) is 0 Å². The number of ether oxygens (including phenoxy) is 1. The van der Waals surface area contributed by atoms with Gasteiger partial charge in [-0.3, -0.25) is 9.10 Å². The lowest BCUT2D eigenvalue weighted by Gasteiger charge is -2.26. The molecule has 158 valence electrons. The van der Waals surface area contributed by atoms with E-state index in [4.69, 9.17) is 4.74 Å². The largest absolute Gasteiger partial charge is 0.379 e. The van der Waals surface area contributed by atoms with Crippen molar-refractivity contribution in [3.63, 3.8) is 0 Å². The highest BCUT2D eigenvalue weighted by Gasteiger charge is 2.28. The molecule has 0 heterocycles. The number of anilines is 1. The van der Waals surface area contributed by atoms with Crippen LogP contribution in [0.4, 0.5) is 5.69 Å². The normalized spacial score (nSPS) is 11.5. The van der Waals surface area contributed by atoms with E-state index in [0.29, 0.717) is 25.3 Å². The maximum absolute atomic E-state index is 13.3. The molecular weight excluding hydrogens is 388 g/mol. The van der Waals surface area contributed by atoms with Crippen molar-refractivity contribution >= 4 is 21.6 Å². The van der Waals surface area contributed by atoms with E-state index in [0.717, 1.165) is 11.1 Å². The van der Waals surface area contributed by atoms with Crippen LogP contribution >= 0.6 is 0 Å². The first kappa shape index (κ1) is 22.9. The molecule has 7 heteroatoms. The molecule has 0 aromatic heterocycles. The van der Waals surface area contributed by atoms with E-state index in [1.807, 2.05) is 39.8 Å². The molecule has 0 unspecified atom stereocenters. The van der Waals surface area contributed by atoms with Gasteiger partial charge in [-0.2, -0.15) is 0 Å². The van der Waals surface area contributed by atoms with Gasteiger partial charge >= 0.3 is 0 Å². The van der Waals surface area contributed by atoms with Gasteiger partial charge in [-0.1, -0.05) is 30.3 Å². The molecule has 6 nitrogen and oxygen atoms in total. The highest BCUT2D eigenvalue weighted by molar-refractivity contribution is 7.92. The molecule has 0 aliphatic carbocycles. The number of benzene rings is 2. The van der Waals surface area contributed by atoms with E-state index in [2.05, 4.69) is 5.32 Å². The lowest BCUT2D eigenvalue weighted by molar-refractivity contribution is -0.119.